The summed E-state index contributed by atoms with van der Waals surface area (Å²) in [5, 5.41) is 3.32. The van der Waals surface area contributed by atoms with Gasteiger partial charge in [-0.3, -0.25) is 4.79 Å². The van der Waals surface area contributed by atoms with Gasteiger partial charge in [-0.2, -0.15) is 0 Å². The Morgan fingerprint density at radius 2 is 1.91 bits per heavy atom. The van der Waals surface area contributed by atoms with E-state index in [0.29, 0.717) is 18.4 Å². The lowest BCUT2D eigenvalue weighted by molar-refractivity contribution is -0.135. The van der Waals surface area contributed by atoms with Crippen molar-refractivity contribution in [2.45, 2.75) is 25.9 Å². The van der Waals surface area contributed by atoms with Gasteiger partial charge in [-0.05, 0) is 37.9 Å². The molecule has 1 unspecified atom stereocenters. The van der Waals surface area contributed by atoms with Gasteiger partial charge >= 0.3 is 0 Å². The van der Waals surface area contributed by atoms with Gasteiger partial charge in [0.1, 0.15) is 0 Å². The number of carbonyl (C=O) groups excluding carboxylic acids is 1. The molecule has 0 bridgehead atoms. The highest BCUT2D eigenvalue weighted by Crippen LogP contribution is 2.22. The molecule has 2 saturated heterocycles. The Bertz CT molecular complexity index is 477. The first-order valence-electron chi connectivity index (χ1n) is 8.44. The van der Waals surface area contributed by atoms with Crippen LogP contribution in [0.3, 0.4) is 0 Å². The van der Waals surface area contributed by atoms with Crippen molar-refractivity contribution in [3.05, 3.63) is 35.9 Å². The van der Waals surface area contributed by atoms with Crippen LogP contribution in [-0.4, -0.2) is 43.6 Å². The summed E-state index contributed by atoms with van der Waals surface area (Å²) < 4.78 is 5.83. The van der Waals surface area contributed by atoms with Crippen molar-refractivity contribution in [2.75, 3.05) is 32.8 Å². The molecular weight excluding hydrogens is 312 g/mol. The van der Waals surface area contributed by atoms with Crippen LogP contribution in [0.15, 0.2) is 30.3 Å². The zero-order valence-electron chi connectivity index (χ0n) is 13.6. The monoisotopic (exact) mass is 338 g/mol. The molecule has 1 aromatic carbocycles. The maximum Gasteiger partial charge on any atom is 0.225 e. The molecule has 0 saturated carbocycles. The number of hydrogen-bond acceptors (Lipinski definition) is 3. The minimum Gasteiger partial charge on any atom is -0.376 e. The SMILES string of the molecule is Cl.O=C(C1CCNCC1)N1CCC(COCc2ccccc2)C1. The van der Waals surface area contributed by atoms with E-state index in [1.807, 2.05) is 18.2 Å². The molecule has 2 fully saturated rings. The van der Waals surface area contributed by atoms with Crippen LogP contribution < -0.4 is 5.32 Å². The summed E-state index contributed by atoms with van der Waals surface area (Å²) in [6.45, 7) is 5.16. The third kappa shape index (κ3) is 5.20. The number of ether oxygens (including phenoxy) is 1. The van der Waals surface area contributed by atoms with Gasteiger partial charge < -0.3 is 15.0 Å². The van der Waals surface area contributed by atoms with Crippen LogP contribution in [0, 0.1) is 11.8 Å². The Balaban J connectivity index is 0.00000192. The highest BCUT2D eigenvalue weighted by Gasteiger charge is 2.31. The Labute approximate surface area is 145 Å². The molecule has 1 amide bonds. The van der Waals surface area contributed by atoms with Crippen LogP contribution in [0.2, 0.25) is 0 Å². The number of benzene rings is 1. The standard InChI is InChI=1S/C18H26N2O2.ClH/c21-18(17-6-9-19-10-7-17)20-11-8-16(12-20)14-22-13-15-4-2-1-3-5-15;/h1-5,16-17,19H,6-14H2;1H. The average molecular weight is 339 g/mol. The van der Waals surface area contributed by atoms with Crippen LogP contribution in [0.25, 0.3) is 0 Å². The summed E-state index contributed by atoms with van der Waals surface area (Å²) in [6, 6.07) is 10.3. The molecule has 1 atom stereocenters. The molecule has 1 aromatic rings. The van der Waals surface area contributed by atoms with Crippen LogP contribution in [-0.2, 0) is 16.1 Å². The van der Waals surface area contributed by atoms with E-state index in [1.54, 1.807) is 0 Å². The van der Waals surface area contributed by atoms with Crippen LogP contribution in [0.1, 0.15) is 24.8 Å². The molecule has 0 aliphatic carbocycles. The van der Waals surface area contributed by atoms with Crippen molar-refractivity contribution in [3.8, 4) is 0 Å². The van der Waals surface area contributed by atoms with E-state index in [1.165, 1.54) is 5.56 Å². The molecule has 0 aromatic heterocycles. The maximum atomic E-state index is 12.5. The number of nitrogens with zero attached hydrogens (tertiary/aromatic N) is 1. The number of likely N-dealkylation sites (tertiary alicyclic amines) is 1. The fourth-order valence-electron chi connectivity index (χ4n) is 3.41. The lowest BCUT2D eigenvalue weighted by Crippen LogP contribution is -2.40. The van der Waals surface area contributed by atoms with E-state index in [0.717, 1.165) is 52.0 Å². The molecule has 0 spiro atoms. The first-order chi connectivity index (χ1) is 10.8. The van der Waals surface area contributed by atoms with E-state index in [2.05, 4.69) is 22.3 Å². The number of carbonyl (C=O) groups is 1. The summed E-state index contributed by atoms with van der Waals surface area (Å²) in [5.41, 5.74) is 1.21. The lowest BCUT2D eigenvalue weighted by Gasteiger charge is -2.26. The molecular formula is C18H27ClN2O2. The number of hydrogen-bond donors (Lipinski definition) is 1. The molecule has 2 aliphatic heterocycles. The molecule has 4 nitrogen and oxygen atoms in total. The van der Waals surface area contributed by atoms with E-state index < -0.39 is 0 Å². The zero-order valence-corrected chi connectivity index (χ0v) is 14.4. The Morgan fingerprint density at radius 1 is 1.17 bits per heavy atom. The van der Waals surface area contributed by atoms with Crippen molar-refractivity contribution in [1.29, 1.82) is 0 Å². The van der Waals surface area contributed by atoms with Gasteiger partial charge in [0.25, 0.3) is 0 Å². The Kier molecular flexibility index (Phi) is 7.34. The van der Waals surface area contributed by atoms with E-state index >= 15 is 0 Å². The first-order valence-corrected chi connectivity index (χ1v) is 8.44. The summed E-state index contributed by atoms with van der Waals surface area (Å²) in [6.07, 6.45) is 3.06. The second kappa shape index (κ2) is 9.26. The topological polar surface area (TPSA) is 41.6 Å². The number of nitrogens with one attached hydrogen (secondary N) is 1. The van der Waals surface area contributed by atoms with E-state index in [4.69, 9.17) is 4.74 Å². The number of amides is 1. The lowest BCUT2D eigenvalue weighted by atomic mass is 9.97. The van der Waals surface area contributed by atoms with Crippen molar-refractivity contribution >= 4 is 18.3 Å². The van der Waals surface area contributed by atoms with Gasteiger partial charge in [-0.25, -0.2) is 0 Å². The molecule has 3 rings (SSSR count). The number of piperidine rings is 1. The normalized spacial score (nSPS) is 21.9. The maximum absolute atomic E-state index is 12.5. The first kappa shape index (κ1) is 18.2. The van der Waals surface area contributed by atoms with Gasteiger partial charge in [0.05, 0.1) is 13.2 Å². The second-order valence-electron chi connectivity index (χ2n) is 6.46. The van der Waals surface area contributed by atoms with E-state index in [-0.39, 0.29) is 18.3 Å². The summed E-state index contributed by atoms with van der Waals surface area (Å²) in [7, 11) is 0. The second-order valence-corrected chi connectivity index (χ2v) is 6.46. The summed E-state index contributed by atoms with van der Waals surface area (Å²) in [5.74, 6) is 1.10. The average Bonchev–Trinajstić information content (AvgIpc) is 3.05. The smallest absolute Gasteiger partial charge is 0.225 e. The molecule has 2 aliphatic rings. The van der Waals surface area contributed by atoms with Gasteiger partial charge in [0.15, 0.2) is 0 Å². The van der Waals surface area contributed by atoms with Crippen molar-refractivity contribution < 1.29 is 9.53 Å². The minimum absolute atomic E-state index is 0. The Morgan fingerprint density at radius 3 is 2.65 bits per heavy atom. The molecule has 2 heterocycles. The molecule has 5 heteroatoms. The molecule has 128 valence electrons. The van der Waals surface area contributed by atoms with Crippen molar-refractivity contribution in [3.63, 3.8) is 0 Å². The predicted molar refractivity (Wildman–Crippen MR) is 93.6 cm³/mol. The third-order valence-electron chi connectivity index (χ3n) is 4.75. The summed E-state index contributed by atoms with van der Waals surface area (Å²) >= 11 is 0. The molecule has 1 N–H and O–H groups in total. The minimum atomic E-state index is 0. The van der Waals surface area contributed by atoms with Crippen LogP contribution in [0.4, 0.5) is 0 Å². The molecule has 0 radical (unpaired) electrons. The summed E-state index contributed by atoms with van der Waals surface area (Å²) in [4.78, 5) is 14.6. The fraction of sp³-hybridized carbons (Fsp3) is 0.611. The van der Waals surface area contributed by atoms with Crippen LogP contribution >= 0.6 is 12.4 Å². The van der Waals surface area contributed by atoms with Crippen molar-refractivity contribution in [2.24, 2.45) is 11.8 Å². The van der Waals surface area contributed by atoms with E-state index in [9.17, 15) is 4.79 Å². The number of rotatable bonds is 5. The number of halogens is 1. The highest BCUT2D eigenvalue weighted by molar-refractivity contribution is 5.85. The fourth-order valence-corrected chi connectivity index (χ4v) is 3.41. The van der Waals surface area contributed by atoms with Crippen molar-refractivity contribution in [1.82, 2.24) is 10.2 Å². The predicted octanol–water partition coefficient (Wildman–Crippen LogP) is 2.47. The largest absolute Gasteiger partial charge is 0.376 e. The highest BCUT2D eigenvalue weighted by atomic mass is 35.5. The third-order valence-corrected chi connectivity index (χ3v) is 4.75. The molecule has 23 heavy (non-hydrogen) atoms. The zero-order chi connectivity index (χ0) is 15.2. The van der Waals surface area contributed by atoms with Gasteiger partial charge in [0.2, 0.25) is 5.91 Å². The van der Waals surface area contributed by atoms with Gasteiger partial charge in [-0.15, -0.1) is 12.4 Å². The Hall–Kier alpha value is -1.10. The van der Waals surface area contributed by atoms with Crippen LogP contribution in [0.5, 0.6) is 0 Å². The van der Waals surface area contributed by atoms with Gasteiger partial charge in [0, 0.05) is 24.9 Å². The quantitative estimate of drug-likeness (QED) is 0.896. The van der Waals surface area contributed by atoms with Gasteiger partial charge in [-0.1, -0.05) is 30.3 Å².